The first kappa shape index (κ1) is 14.7. The first-order valence-electron chi connectivity index (χ1n) is 6.48. The first-order chi connectivity index (χ1) is 8.35. The van der Waals surface area contributed by atoms with Crippen molar-refractivity contribution in [2.45, 2.75) is 33.2 Å². The summed E-state index contributed by atoms with van der Waals surface area (Å²) >= 11 is 0. The summed E-state index contributed by atoms with van der Waals surface area (Å²) in [6, 6.07) is 9.46. The van der Waals surface area contributed by atoms with Gasteiger partial charge < -0.3 is 11.1 Å². The van der Waals surface area contributed by atoms with Gasteiger partial charge in [-0.15, -0.1) is 0 Å². The van der Waals surface area contributed by atoms with Crippen LogP contribution in [0.1, 0.15) is 33.3 Å². The van der Waals surface area contributed by atoms with E-state index in [1.807, 2.05) is 30.3 Å². The Hall–Kier alpha value is -1.35. The summed E-state index contributed by atoms with van der Waals surface area (Å²) in [5.41, 5.74) is 5.99. The molecule has 1 aromatic carbocycles. The third-order valence-corrected chi connectivity index (χ3v) is 3.57. The van der Waals surface area contributed by atoms with Crippen LogP contribution >= 0.6 is 0 Å². The molecular weight excluding hydrogens is 224 g/mol. The van der Waals surface area contributed by atoms with Crippen molar-refractivity contribution in [3.63, 3.8) is 0 Å². The maximum atomic E-state index is 12.2. The van der Waals surface area contributed by atoms with E-state index in [9.17, 15) is 4.79 Å². The van der Waals surface area contributed by atoms with Crippen LogP contribution in [-0.2, 0) is 10.3 Å². The Bertz CT molecular complexity index is 385. The molecule has 100 valence electrons. The predicted octanol–water partition coefficient (Wildman–Crippen LogP) is 2.27. The molecule has 18 heavy (non-hydrogen) atoms. The molecule has 0 spiro atoms. The zero-order chi connectivity index (χ0) is 13.8. The Labute approximate surface area is 110 Å². The highest BCUT2D eigenvalue weighted by Gasteiger charge is 2.30. The molecule has 0 radical (unpaired) electrons. The number of carbonyl (C=O) groups is 1. The van der Waals surface area contributed by atoms with E-state index in [4.69, 9.17) is 5.73 Å². The second-order valence-electron chi connectivity index (χ2n) is 5.50. The molecule has 3 heteroatoms. The van der Waals surface area contributed by atoms with Gasteiger partial charge in [-0.2, -0.15) is 0 Å². The zero-order valence-electron chi connectivity index (χ0n) is 11.7. The van der Waals surface area contributed by atoms with Gasteiger partial charge >= 0.3 is 0 Å². The van der Waals surface area contributed by atoms with Crippen LogP contribution in [0.25, 0.3) is 0 Å². The SMILES string of the molecule is CC(C)C(C)CNC(=O)C(C)(N)c1ccccc1. The Balaban J connectivity index is 2.66. The van der Waals surface area contributed by atoms with Gasteiger partial charge in [0.15, 0.2) is 0 Å². The summed E-state index contributed by atoms with van der Waals surface area (Å²) in [6.07, 6.45) is 0. The van der Waals surface area contributed by atoms with Crippen LogP contribution in [0.15, 0.2) is 30.3 Å². The van der Waals surface area contributed by atoms with E-state index in [-0.39, 0.29) is 5.91 Å². The van der Waals surface area contributed by atoms with Crippen molar-refractivity contribution in [3.05, 3.63) is 35.9 Å². The summed E-state index contributed by atoms with van der Waals surface area (Å²) in [5.74, 6) is 0.868. The van der Waals surface area contributed by atoms with Gasteiger partial charge in [0.2, 0.25) is 5.91 Å². The Morgan fingerprint density at radius 1 is 1.28 bits per heavy atom. The lowest BCUT2D eigenvalue weighted by Gasteiger charge is -2.25. The molecule has 3 nitrogen and oxygen atoms in total. The maximum Gasteiger partial charge on any atom is 0.244 e. The van der Waals surface area contributed by atoms with Crippen molar-refractivity contribution >= 4 is 5.91 Å². The lowest BCUT2D eigenvalue weighted by molar-refractivity contribution is -0.126. The Morgan fingerprint density at radius 3 is 2.33 bits per heavy atom. The van der Waals surface area contributed by atoms with Gasteiger partial charge in [0.05, 0.1) is 0 Å². The molecule has 0 heterocycles. The third kappa shape index (κ3) is 3.57. The molecule has 1 amide bonds. The fraction of sp³-hybridized carbons (Fsp3) is 0.533. The molecule has 1 aromatic rings. The van der Waals surface area contributed by atoms with Crippen LogP contribution in [0.5, 0.6) is 0 Å². The van der Waals surface area contributed by atoms with Gasteiger partial charge in [0.1, 0.15) is 5.54 Å². The first-order valence-corrected chi connectivity index (χ1v) is 6.48. The quantitative estimate of drug-likeness (QED) is 0.840. The van der Waals surface area contributed by atoms with Crippen molar-refractivity contribution in [1.29, 1.82) is 0 Å². The van der Waals surface area contributed by atoms with Crippen molar-refractivity contribution in [1.82, 2.24) is 5.32 Å². The number of benzene rings is 1. The number of hydrogen-bond acceptors (Lipinski definition) is 2. The summed E-state index contributed by atoms with van der Waals surface area (Å²) in [7, 11) is 0. The van der Waals surface area contributed by atoms with Crippen molar-refractivity contribution in [2.24, 2.45) is 17.6 Å². The average molecular weight is 248 g/mol. The van der Waals surface area contributed by atoms with Gasteiger partial charge in [-0.25, -0.2) is 0 Å². The maximum absolute atomic E-state index is 12.2. The van der Waals surface area contributed by atoms with Crippen molar-refractivity contribution < 1.29 is 4.79 Å². The zero-order valence-corrected chi connectivity index (χ0v) is 11.7. The fourth-order valence-electron chi connectivity index (χ4n) is 1.59. The molecule has 2 unspecified atom stereocenters. The van der Waals surface area contributed by atoms with Crippen LogP contribution < -0.4 is 11.1 Å². The highest BCUT2D eigenvalue weighted by Crippen LogP contribution is 2.17. The van der Waals surface area contributed by atoms with E-state index in [1.165, 1.54) is 0 Å². The van der Waals surface area contributed by atoms with Crippen LogP contribution in [0, 0.1) is 11.8 Å². The van der Waals surface area contributed by atoms with Crippen molar-refractivity contribution in [2.75, 3.05) is 6.54 Å². The van der Waals surface area contributed by atoms with Gasteiger partial charge in [0, 0.05) is 6.54 Å². The average Bonchev–Trinajstić information content (AvgIpc) is 2.36. The number of rotatable bonds is 5. The van der Waals surface area contributed by atoms with Gasteiger partial charge in [-0.3, -0.25) is 4.79 Å². The number of carbonyl (C=O) groups excluding carboxylic acids is 1. The molecule has 0 aliphatic heterocycles. The third-order valence-electron chi connectivity index (χ3n) is 3.57. The lowest BCUT2D eigenvalue weighted by Crippen LogP contribution is -2.50. The lowest BCUT2D eigenvalue weighted by atomic mass is 9.91. The van der Waals surface area contributed by atoms with E-state index >= 15 is 0 Å². The molecule has 0 aliphatic rings. The highest BCUT2D eigenvalue weighted by atomic mass is 16.2. The minimum atomic E-state index is -0.974. The molecule has 0 bridgehead atoms. The monoisotopic (exact) mass is 248 g/mol. The molecule has 0 aromatic heterocycles. The highest BCUT2D eigenvalue weighted by molar-refractivity contribution is 5.86. The number of nitrogens with one attached hydrogen (secondary N) is 1. The second-order valence-corrected chi connectivity index (χ2v) is 5.50. The largest absolute Gasteiger partial charge is 0.354 e. The molecule has 0 aliphatic carbocycles. The summed E-state index contributed by atoms with van der Waals surface area (Å²) in [5, 5.41) is 2.94. The Kier molecular flexibility index (Phi) is 4.91. The molecule has 0 fully saturated rings. The molecule has 0 saturated carbocycles. The number of hydrogen-bond donors (Lipinski definition) is 2. The topological polar surface area (TPSA) is 55.1 Å². The van der Waals surface area contributed by atoms with Crippen molar-refractivity contribution in [3.8, 4) is 0 Å². The predicted molar refractivity (Wildman–Crippen MR) is 75.0 cm³/mol. The smallest absolute Gasteiger partial charge is 0.244 e. The Morgan fingerprint density at radius 2 is 1.83 bits per heavy atom. The number of amides is 1. The minimum Gasteiger partial charge on any atom is -0.354 e. The van der Waals surface area contributed by atoms with Crippen LogP contribution in [0.2, 0.25) is 0 Å². The fourth-order valence-corrected chi connectivity index (χ4v) is 1.59. The molecular formula is C15H24N2O. The van der Waals surface area contributed by atoms with Gasteiger partial charge in [-0.1, -0.05) is 51.1 Å². The molecule has 3 N–H and O–H groups in total. The van der Waals surface area contributed by atoms with Crippen LogP contribution in [-0.4, -0.2) is 12.5 Å². The van der Waals surface area contributed by atoms with E-state index in [0.717, 1.165) is 5.56 Å². The number of nitrogens with two attached hydrogens (primary N) is 1. The normalized spacial score (nSPS) is 16.1. The second kappa shape index (κ2) is 6.01. The summed E-state index contributed by atoms with van der Waals surface area (Å²) in [4.78, 5) is 12.2. The van der Waals surface area contributed by atoms with Crippen LogP contribution in [0.4, 0.5) is 0 Å². The van der Waals surface area contributed by atoms with E-state index in [0.29, 0.717) is 18.4 Å². The van der Waals surface area contributed by atoms with E-state index < -0.39 is 5.54 Å². The minimum absolute atomic E-state index is 0.124. The van der Waals surface area contributed by atoms with Gasteiger partial charge in [-0.05, 0) is 24.3 Å². The van der Waals surface area contributed by atoms with E-state index in [1.54, 1.807) is 6.92 Å². The molecule has 0 saturated heterocycles. The standard InChI is InChI=1S/C15H24N2O/c1-11(2)12(3)10-17-14(18)15(4,16)13-8-6-5-7-9-13/h5-9,11-12H,10,16H2,1-4H3,(H,17,18). The summed E-state index contributed by atoms with van der Waals surface area (Å²) < 4.78 is 0. The van der Waals surface area contributed by atoms with Crippen LogP contribution in [0.3, 0.4) is 0 Å². The molecule has 1 rings (SSSR count). The van der Waals surface area contributed by atoms with Gasteiger partial charge in [0.25, 0.3) is 0 Å². The van der Waals surface area contributed by atoms with E-state index in [2.05, 4.69) is 26.1 Å². The summed E-state index contributed by atoms with van der Waals surface area (Å²) in [6.45, 7) is 8.83. The molecule has 2 atom stereocenters.